The van der Waals surface area contributed by atoms with Gasteiger partial charge >= 0.3 is 0 Å². The van der Waals surface area contributed by atoms with E-state index in [4.69, 9.17) is 4.42 Å². The quantitative estimate of drug-likeness (QED) is 0.413. The van der Waals surface area contributed by atoms with Gasteiger partial charge in [0.2, 0.25) is 0 Å². The van der Waals surface area contributed by atoms with Crippen LogP contribution >= 0.6 is 31.9 Å². The number of furan rings is 1. The predicted molar refractivity (Wildman–Crippen MR) is 90.5 cm³/mol. The predicted octanol–water partition coefficient (Wildman–Crippen LogP) is 5.58. The van der Waals surface area contributed by atoms with Gasteiger partial charge in [0.1, 0.15) is 16.9 Å². The maximum atomic E-state index is 5.90. The van der Waals surface area contributed by atoms with Crippen molar-refractivity contribution >= 4 is 48.5 Å². The zero-order valence-corrected chi connectivity index (χ0v) is 14.3. The first-order valence-electron chi connectivity index (χ1n) is 6.44. The van der Waals surface area contributed by atoms with E-state index >= 15 is 0 Å². The Morgan fingerprint density at radius 2 is 1.90 bits per heavy atom. The Labute approximate surface area is 137 Å². The van der Waals surface area contributed by atoms with Crippen LogP contribution in [0.5, 0.6) is 0 Å². The van der Waals surface area contributed by atoms with Crippen LogP contribution in [0, 0.1) is 6.92 Å². The van der Waals surface area contributed by atoms with Crippen LogP contribution in [0.3, 0.4) is 0 Å². The zero-order valence-electron chi connectivity index (χ0n) is 11.1. The minimum atomic E-state index is 0.780. The molecule has 0 radical (unpaired) electrons. The molecule has 104 valence electrons. The van der Waals surface area contributed by atoms with E-state index in [0.717, 1.165) is 42.6 Å². The average molecular weight is 406 g/mol. The highest BCUT2D eigenvalue weighted by Crippen LogP contribution is 2.30. The molecule has 0 unspecified atom stereocenters. The van der Waals surface area contributed by atoms with Gasteiger partial charge in [-0.3, -0.25) is 0 Å². The van der Waals surface area contributed by atoms with Crippen molar-refractivity contribution in [3.05, 3.63) is 57.2 Å². The van der Waals surface area contributed by atoms with Crippen LogP contribution in [-0.2, 0) is 0 Å². The number of rotatable bonds is 1. The standard InChI is InChI=1S/C16H10Br2N2O/c1-9-4-12(18)7-20-8-13(19-16(9)20)15-6-10-5-11(17)2-3-14(10)21-15/h2-8H,1H3. The molecule has 3 heterocycles. The first-order chi connectivity index (χ1) is 10.1. The number of halogens is 2. The van der Waals surface area contributed by atoms with Gasteiger partial charge in [0.05, 0.1) is 0 Å². The lowest BCUT2D eigenvalue weighted by atomic mass is 10.2. The average Bonchev–Trinajstić information content (AvgIpc) is 3.01. The van der Waals surface area contributed by atoms with Crippen LogP contribution in [-0.4, -0.2) is 9.38 Å². The summed E-state index contributed by atoms with van der Waals surface area (Å²) in [5.41, 5.74) is 3.76. The van der Waals surface area contributed by atoms with Crippen LogP contribution in [0.15, 0.2) is 56.1 Å². The van der Waals surface area contributed by atoms with Crippen LogP contribution in [0.1, 0.15) is 5.56 Å². The number of benzene rings is 1. The first kappa shape index (κ1) is 13.1. The Hall–Kier alpha value is -1.59. The lowest BCUT2D eigenvalue weighted by Gasteiger charge is -1.97. The van der Waals surface area contributed by atoms with E-state index in [1.165, 1.54) is 0 Å². The molecule has 0 saturated heterocycles. The highest BCUT2D eigenvalue weighted by Gasteiger charge is 2.12. The van der Waals surface area contributed by atoms with Gasteiger partial charge in [-0.15, -0.1) is 0 Å². The van der Waals surface area contributed by atoms with Gasteiger partial charge in [-0.1, -0.05) is 15.9 Å². The number of fused-ring (bicyclic) bond motifs is 2. The van der Waals surface area contributed by atoms with E-state index in [-0.39, 0.29) is 0 Å². The molecular weight excluding hydrogens is 396 g/mol. The molecule has 0 N–H and O–H groups in total. The number of imidazole rings is 1. The Kier molecular flexibility index (Phi) is 2.94. The summed E-state index contributed by atoms with van der Waals surface area (Å²) in [4.78, 5) is 4.68. The van der Waals surface area contributed by atoms with E-state index < -0.39 is 0 Å². The SMILES string of the molecule is Cc1cc(Br)cn2cc(-c3cc4cc(Br)ccc4o3)nc12. The van der Waals surface area contributed by atoms with E-state index in [0.29, 0.717) is 0 Å². The van der Waals surface area contributed by atoms with Gasteiger partial charge in [-0.05, 0) is 58.7 Å². The Bertz CT molecular complexity index is 985. The molecular formula is C16H10Br2N2O. The largest absolute Gasteiger partial charge is 0.454 e. The van der Waals surface area contributed by atoms with Crippen LogP contribution in [0.25, 0.3) is 28.1 Å². The summed E-state index contributed by atoms with van der Waals surface area (Å²) in [5, 5.41) is 1.06. The van der Waals surface area contributed by atoms with Crippen molar-refractivity contribution in [1.29, 1.82) is 0 Å². The molecule has 0 aliphatic rings. The second-order valence-electron chi connectivity index (χ2n) is 4.99. The van der Waals surface area contributed by atoms with Gasteiger partial charge in [0.25, 0.3) is 0 Å². The molecule has 0 aliphatic carbocycles. The molecule has 0 fully saturated rings. The van der Waals surface area contributed by atoms with Crippen molar-refractivity contribution in [2.75, 3.05) is 0 Å². The Morgan fingerprint density at radius 3 is 2.76 bits per heavy atom. The van der Waals surface area contributed by atoms with Crippen LogP contribution < -0.4 is 0 Å². The second kappa shape index (κ2) is 4.71. The third-order valence-corrected chi connectivity index (χ3v) is 4.36. The fourth-order valence-electron chi connectivity index (χ4n) is 2.48. The van der Waals surface area contributed by atoms with Gasteiger partial charge in [-0.2, -0.15) is 0 Å². The summed E-state index contributed by atoms with van der Waals surface area (Å²) in [5.74, 6) is 0.780. The summed E-state index contributed by atoms with van der Waals surface area (Å²) in [6, 6.07) is 10.1. The number of aryl methyl sites for hydroxylation is 1. The molecule has 0 spiro atoms. The van der Waals surface area contributed by atoms with E-state index in [2.05, 4.69) is 42.9 Å². The molecule has 3 nitrogen and oxygen atoms in total. The summed E-state index contributed by atoms with van der Waals surface area (Å²) in [6.45, 7) is 2.05. The second-order valence-corrected chi connectivity index (χ2v) is 6.82. The molecule has 3 aromatic heterocycles. The van der Waals surface area contributed by atoms with Crippen molar-refractivity contribution < 1.29 is 4.42 Å². The molecule has 0 atom stereocenters. The molecule has 1 aromatic carbocycles. The number of hydrogen-bond donors (Lipinski definition) is 0. The van der Waals surface area contributed by atoms with E-state index in [1.807, 2.05) is 48.0 Å². The lowest BCUT2D eigenvalue weighted by Crippen LogP contribution is -1.86. The lowest BCUT2D eigenvalue weighted by molar-refractivity contribution is 0.629. The van der Waals surface area contributed by atoms with Crippen molar-refractivity contribution in [2.24, 2.45) is 0 Å². The molecule has 4 aromatic rings. The third kappa shape index (κ3) is 2.21. The summed E-state index contributed by atoms with van der Waals surface area (Å²) in [7, 11) is 0. The van der Waals surface area contributed by atoms with E-state index in [1.54, 1.807) is 0 Å². The maximum absolute atomic E-state index is 5.90. The summed E-state index contributed by atoms with van der Waals surface area (Å²) < 4.78 is 9.98. The minimum Gasteiger partial charge on any atom is -0.454 e. The molecule has 0 bridgehead atoms. The number of pyridine rings is 1. The molecule has 4 rings (SSSR count). The van der Waals surface area contributed by atoms with Crippen LogP contribution in [0.4, 0.5) is 0 Å². The molecule has 5 heteroatoms. The maximum Gasteiger partial charge on any atom is 0.155 e. The van der Waals surface area contributed by atoms with Gasteiger partial charge in [0, 0.05) is 26.7 Å². The Balaban J connectivity index is 1.93. The number of aromatic nitrogens is 2. The first-order valence-corrected chi connectivity index (χ1v) is 8.03. The van der Waals surface area contributed by atoms with Crippen molar-refractivity contribution in [3.8, 4) is 11.5 Å². The normalized spacial score (nSPS) is 11.6. The molecule has 0 amide bonds. The fourth-order valence-corrected chi connectivity index (χ4v) is 3.43. The monoisotopic (exact) mass is 404 g/mol. The summed E-state index contributed by atoms with van der Waals surface area (Å²) in [6.07, 6.45) is 3.98. The molecule has 0 aliphatic heterocycles. The fraction of sp³-hybridized carbons (Fsp3) is 0.0625. The summed E-state index contributed by atoms with van der Waals surface area (Å²) >= 11 is 6.98. The van der Waals surface area contributed by atoms with Gasteiger partial charge < -0.3 is 8.82 Å². The Morgan fingerprint density at radius 1 is 1.05 bits per heavy atom. The van der Waals surface area contributed by atoms with Crippen LogP contribution in [0.2, 0.25) is 0 Å². The molecule has 0 saturated carbocycles. The topological polar surface area (TPSA) is 30.4 Å². The third-order valence-electron chi connectivity index (χ3n) is 3.43. The smallest absolute Gasteiger partial charge is 0.155 e. The van der Waals surface area contributed by atoms with Gasteiger partial charge in [-0.25, -0.2) is 4.98 Å². The highest BCUT2D eigenvalue weighted by molar-refractivity contribution is 9.10. The highest BCUT2D eigenvalue weighted by atomic mass is 79.9. The molecule has 21 heavy (non-hydrogen) atoms. The van der Waals surface area contributed by atoms with Crippen molar-refractivity contribution in [3.63, 3.8) is 0 Å². The number of nitrogens with zero attached hydrogens (tertiary/aromatic N) is 2. The minimum absolute atomic E-state index is 0.780. The van der Waals surface area contributed by atoms with Crippen molar-refractivity contribution in [1.82, 2.24) is 9.38 Å². The van der Waals surface area contributed by atoms with Crippen molar-refractivity contribution in [2.45, 2.75) is 6.92 Å². The van der Waals surface area contributed by atoms with Gasteiger partial charge in [0.15, 0.2) is 5.76 Å². The zero-order chi connectivity index (χ0) is 14.6. The number of hydrogen-bond acceptors (Lipinski definition) is 2. The van der Waals surface area contributed by atoms with E-state index in [9.17, 15) is 0 Å².